The Balaban J connectivity index is 1.60. The van der Waals surface area contributed by atoms with Crippen molar-refractivity contribution < 1.29 is 14.4 Å². The smallest absolute Gasteiger partial charge is 0.280 e. The molecule has 4 rings (SSSR count). The van der Waals surface area contributed by atoms with Gasteiger partial charge in [-0.15, -0.1) is 0 Å². The van der Waals surface area contributed by atoms with Crippen LogP contribution >= 0.6 is 0 Å². The van der Waals surface area contributed by atoms with Crippen molar-refractivity contribution in [3.05, 3.63) is 89.1 Å². The van der Waals surface area contributed by atoms with E-state index in [4.69, 9.17) is 0 Å². The summed E-state index contributed by atoms with van der Waals surface area (Å²) >= 11 is 0. The van der Waals surface area contributed by atoms with E-state index in [0.29, 0.717) is 22.5 Å². The molecule has 0 unspecified atom stereocenters. The van der Waals surface area contributed by atoms with Crippen LogP contribution in [-0.4, -0.2) is 29.5 Å². The second-order valence-corrected chi connectivity index (χ2v) is 5.95. The van der Waals surface area contributed by atoms with Crippen LogP contribution in [0.5, 0.6) is 0 Å². The molecule has 6 nitrogen and oxygen atoms in total. The zero-order chi connectivity index (χ0) is 18.8. The highest BCUT2D eigenvalue weighted by Gasteiger charge is 2.27. The van der Waals surface area contributed by atoms with Crippen molar-refractivity contribution in [2.75, 3.05) is 5.32 Å². The lowest BCUT2D eigenvalue weighted by molar-refractivity contribution is -0.114. The van der Waals surface area contributed by atoms with Crippen LogP contribution in [0.4, 0.5) is 5.69 Å². The van der Waals surface area contributed by atoms with Gasteiger partial charge in [-0.25, -0.2) is 4.99 Å². The van der Waals surface area contributed by atoms with Gasteiger partial charge in [0.1, 0.15) is 12.1 Å². The Morgan fingerprint density at radius 3 is 2.48 bits per heavy atom. The molecule has 1 heterocycles. The van der Waals surface area contributed by atoms with Crippen LogP contribution in [0.1, 0.15) is 15.9 Å². The van der Waals surface area contributed by atoms with E-state index in [1.807, 2.05) is 18.2 Å². The zero-order valence-electron chi connectivity index (χ0n) is 14.0. The van der Waals surface area contributed by atoms with E-state index >= 15 is 0 Å². The SMILES string of the molecule is O=C1C=C(Nc2cccc(C(=O)c3ccccc3)c2)C=C2C(=O)N=CN=C12. The minimum atomic E-state index is -0.506. The number of aliphatic imine (C=N–C) groups is 2. The summed E-state index contributed by atoms with van der Waals surface area (Å²) in [5.74, 6) is -0.975. The third kappa shape index (κ3) is 3.28. The number of anilines is 1. The van der Waals surface area contributed by atoms with Crippen molar-refractivity contribution in [2.24, 2.45) is 9.98 Å². The fraction of sp³-hybridized carbons (Fsp3) is 0. The summed E-state index contributed by atoms with van der Waals surface area (Å²) < 4.78 is 0. The molecule has 1 N–H and O–H groups in total. The Kier molecular flexibility index (Phi) is 4.14. The minimum Gasteiger partial charge on any atom is -0.355 e. The second kappa shape index (κ2) is 6.76. The third-order valence-electron chi connectivity index (χ3n) is 4.12. The first-order chi connectivity index (χ1) is 13.1. The van der Waals surface area contributed by atoms with Gasteiger partial charge in [0.2, 0.25) is 5.78 Å². The molecule has 2 aliphatic rings. The monoisotopic (exact) mass is 355 g/mol. The molecule has 2 aromatic carbocycles. The van der Waals surface area contributed by atoms with Crippen LogP contribution in [0.15, 0.2) is 88.0 Å². The van der Waals surface area contributed by atoms with Crippen LogP contribution in [0.2, 0.25) is 0 Å². The number of carbonyl (C=O) groups excluding carboxylic acids is 3. The summed E-state index contributed by atoms with van der Waals surface area (Å²) in [6.07, 6.45) is 3.98. The third-order valence-corrected chi connectivity index (χ3v) is 4.12. The summed E-state index contributed by atoms with van der Waals surface area (Å²) in [6, 6.07) is 15.9. The Morgan fingerprint density at radius 2 is 1.67 bits per heavy atom. The van der Waals surface area contributed by atoms with E-state index < -0.39 is 5.91 Å². The Bertz CT molecular complexity index is 1090. The highest BCUT2D eigenvalue weighted by atomic mass is 16.2. The van der Waals surface area contributed by atoms with Crippen molar-refractivity contribution in [3.63, 3.8) is 0 Å². The molecule has 0 radical (unpaired) electrons. The molecule has 6 heteroatoms. The van der Waals surface area contributed by atoms with E-state index in [9.17, 15) is 14.4 Å². The van der Waals surface area contributed by atoms with Gasteiger partial charge in [0, 0.05) is 28.6 Å². The van der Waals surface area contributed by atoms with E-state index in [-0.39, 0.29) is 22.9 Å². The molecule has 0 bridgehead atoms. The Morgan fingerprint density at radius 1 is 0.889 bits per heavy atom. The molecule has 130 valence electrons. The normalized spacial score (nSPS) is 15.5. The predicted molar refractivity (Wildman–Crippen MR) is 102 cm³/mol. The van der Waals surface area contributed by atoms with Crippen molar-refractivity contribution in [3.8, 4) is 0 Å². The maximum atomic E-state index is 12.6. The number of hydrogen-bond donors (Lipinski definition) is 1. The molecule has 27 heavy (non-hydrogen) atoms. The predicted octanol–water partition coefficient (Wildman–Crippen LogP) is 2.73. The summed E-state index contributed by atoms with van der Waals surface area (Å²) in [5, 5.41) is 3.06. The van der Waals surface area contributed by atoms with Gasteiger partial charge in [-0.3, -0.25) is 14.4 Å². The molecule has 0 atom stereocenters. The molecule has 0 spiro atoms. The Hall–Kier alpha value is -3.93. The molecule has 1 amide bonds. The number of hydrogen-bond acceptors (Lipinski definition) is 5. The van der Waals surface area contributed by atoms with Gasteiger partial charge in [0.25, 0.3) is 5.91 Å². The van der Waals surface area contributed by atoms with Gasteiger partial charge >= 0.3 is 0 Å². The number of fused-ring (bicyclic) bond motifs is 1. The molecule has 0 saturated carbocycles. The fourth-order valence-electron chi connectivity index (χ4n) is 2.85. The van der Waals surface area contributed by atoms with Gasteiger partial charge in [-0.05, 0) is 18.2 Å². The van der Waals surface area contributed by atoms with Crippen molar-refractivity contribution in [2.45, 2.75) is 0 Å². The van der Waals surface area contributed by atoms with Gasteiger partial charge in [-0.2, -0.15) is 4.99 Å². The van der Waals surface area contributed by atoms with Crippen LogP contribution in [0.25, 0.3) is 0 Å². The summed E-state index contributed by atoms with van der Waals surface area (Å²) in [6.45, 7) is 0. The van der Waals surface area contributed by atoms with Crippen LogP contribution in [-0.2, 0) is 9.59 Å². The number of rotatable bonds is 4. The first-order valence-corrected chi connectivity index (χ1v) is 8.21. The molecule has 0 fully saturated rings. The largest absolute Gasteiger partial charge is 0.355 e. The first-order valence-electron chi connectivity index (χ1n) is 8.21. The molecular formula is C21H13N3O3. The Labute approximate surface area is 154 Å². The average molecular weight is 355 g/mol. The first kappa shape index (κ1) is 16.5. The molecule has 1 aliphatic heterocycles. The number of benzene rings is 2. The second-order valence-electron chi connectivity index (χ2n) is 5.95. The lowest BCUT2D eigenvalue weighted by Gasteiger charge is -2.16. The molecule has 2 aromatic rings. The summed E-state index contributed by atoms with van der Waals surface area (Å²) in [7, 11) is 0. The lowest BCUT2D eigenvalue weighted by atomic mass is 9.97. The number of amides is 1. The summed E-state index contributed by atoms with van der Waals surface area (Å²) in [5.41, 5.74) is 2.42. The van der Waals surface area contributed by atoms with Gasteiger partial charge in [-0.1, -0.05) is 42.5 Å². The molecule has 0 aromatic heterocycles. The van der Waals surface area contributed by atoms with Gasteiger partial charge < -0.3 is 5.32 Å². The molecule has 1 aliphatic carbocycles. The average Bonchev–Trinajstić information content (AvgIpc) is 2.69. The quantitative estimate of drug-likeness (QED) is 0.675. The van der Waals surface area contributed by atoms with E-state index in [1.54, 1.807) is 36.4 Å². The number of carbonyl (C=O) groups is 3. The van der Waals surface area contributed by atoms with Crippen molar-refractivity contribution in [1.82, 2.24) is 0 Å². The highest BCUT2D eigenvalue weighted by molar-refractivity contribution is 6.57. The van der Waals surface area contributed by atoms with E-state index in [2.05, 4.69) is 15.3 Å². The van der Waals surface area contributed by atoms with Crippen molar-refractivity contribution >= 4 is 35.2 Å². The van der Waals surface area contributed by atoms with Crippen LogP contribution in [0, 0.1) is 0 Å². The highest BCUT2D eigenvalue weighted by Crippen LogP contribution is 2.21. The molecule has 0 saturated heterocycles. The topological polar surface area (TPSA) is 88.0 Å². The maximum Gasteiger partial charge on any atom is 0.280 e. The van der Waals surface area contributed by atoms with Crippen molar-refractivity contribution in [1.29, 1.82) is 0 Å². The lowest BCUT2D eigenvalue weighted by Crippen LogP contribution is -2.27. The number of nitrogens with one attached hydrogen (secondary N) is 1. The summed E-state index contributed by atoms with van der Waals surface area (Å²) in [4.78, 5) is 44.1. The van der Waals surface area contributed by atoms with Crippen LogP contribution in [0.3, 0.4) is 0 Å². The number of ketones is 2. The van der Waals surface area contributed by atoms with Crippen LogP contribution < -0.4 is 5.32 Å². The number of allylic oxidation sites excluding steroid dienone is 2. The van der Waals surface area contributed by atoms with E-state index in [0.717, 1.165) is 6.34 Å². The van der Waals surface area contributed by atoms with E-state index in [1.165, 1.54) is 12.2 Å². The fourth-order valence-corrected chi connectivity index (χ4v) is 2.85. The number of nitrogens with zero attached hydrogens (tertiary/aromatic N) is 2. The zero-order valence-corrected chi connectivity index (χ0v) is 14.0. The van der Waals surface area contributed by atoms with Gasteiger partial charge in [0.15, 0.2) is 5.78 Å². The molecular weight excluding hydrogens is 342 g/mol. The van der Waals surface area contributed by atoms with Gasteiger partial charge in [0.05, 0.1) is 5.57 Å². The maximum absolute atomic E-state index is 12.6. The standard InChI is InChI=1S/C21H13N3O3/c25-18-11-16(10-17-19(18)22-12-23-21(17)27)24-15-8-4-7-14(9-15)20(26)13-5-2-1-3-6-13/h1-12,24H. The minimum absolute atomic E-state index is 0.0913.